The van der Waals surface area contributed by atoms with Crippen molar-refractivity contribution < 1.29 is 4.74 Å². The van der Waals surface area contributed by atoms with Crippen molar-refractivity contribution in [2.45, 2.75) is 41.5 Å². The molecule has 0 bridgehead atoms. The van der Waals surface area contributed by atoms with E-state index in [0.29, 0.717) is 0 Å². The van der Waals surface area contributed by atoms with Crippen LogP contribution in [0.1, 0.15) is 33.4 Å². The molecule has 0 radical (unpaired) electrons. The quantitative estimate of drug-likeness (QED) is 0.147. The number of aromatic nitrogens is 8. The first-order valence-electron chi connectivity index (χ1n) is 28.0. The van der Waals surface area contributed by atoms with Crippen molar-refractivity contribution in [1.29, 1.82) is 0 Å². The zero-order chi connectivity index (χ0) is 59.3. The first kappa shape index (κ1) is 60.2. The van der Waals surface area contributed by atoms with Gasteiger partial charge in [0.05, 0.1) is 0 Å². The maximum absolute atomic E-state index is 5.97. The molecule has 0 N–H and O–H groups in total. The van der Waals surface area contributed by atoms with Gasteiger partial charge in [-0.25, -0.2) is 29.9 Å². The molecule has 8 aromatic carbocycles. The Morgan fingerprint density at radius 3 is 1.18 bits per heavy atom. The Bertz CT molecular complexity index is 3630. The van der Waals surface area contributed by atoms with Crippen molar-refractivity contribution in [1.82, 2.24) is 39.9 Å². The lowest BCUT2D eigenvalue weighted by Crippen LogP contribution is -1.88. The van der Waals surface area contributed by atoms with Gasteiger partial charge in [-0.1, -0.05) is 210 Å². The first-order valence-corrected chi connectivity index (χ1v) is 28.0. The molecule has 0 fully saturated rings. The summed E-state index contributed by atoms with van der Waals surface area (Å²) in [5, 5.41) is 0. The topological polar surface area (TPSA) is 112 Å². The van der Waals surface area contributed by atoms with Gasteiger partial charge < -0.3 is 4.74 Å². The summed E-state index contributed by atoms with van der Waals surface area (Å²) in [5.41, 5.74) is 18.9. The van der Waals surface area contributed by atoms with Gasteiger partial charge in [-0.3, -0.25) is 9.97 Å². The highest BCUT2D eigenvalue weighted by atomic mass is 16.5. The first-order chi connectivity index (χ1) is 41.6. The highest BCUT2D eigenvalue weighted by molar-refractivity contribution is 5.67. The van der Waals surface area contributed by atoms with Crippen LogP contribution in [0, 0.1) is 41.5 Å². The van der Waals surface area contributed by atoms with Crippen LogP contribution < -0.4 is 4.74 Å². The van der Waals surface area contributed by atoms with Gasteiger partial charge in [0.2, 0.25) is 0 Å². The average Bonchev–Trinajstić information content (AvgIpc) is 3.63. The molecule has 418 valence electrons. The second kappa shape index (κ2) is 32.5. The van der Waals surface area contributed by atoms with E-state index in [-0.39, 0.29) is 0 Å². The zero-order valence-electron chi connectivity index (χ0n) is 48.9. The molecule has 13 aromatic rings. The van der Waals surface area contributed by atoms with Gasteiger partial charge >= 0.3 is 0 Å². The van der Waals surface area contributed by atoms with Crippen LogP contribution in [0.3, 0.4) is 0 Å². The van der Waals surface area contributed by atoms with Crippen LogP contribution in [0.15, 0.2) is 305 Å². The van der Waals surface area contributed by atoms with E-state index in [0.717, 1.165) is 56.5 Å². The number of hydrogen-bond acceptors (Lipinski definition) is 9. The largest absolute Gasteiger partial charge is 0.457 e. The Balaban J connectivity index is 0.000000134. The number of nitrogens with zero attached hydrogens (tertiary/aromatic N) is 8. The van der Waals surface area contributed by atoms with Crippen LogP contribution in [-0.2, 0) is 0 Å². The fourth-order valence-electron chi connectivity index (χ4n) is 8.27. The third-order valence-electron chi connectivity index (χ3n) is 13.0. The maximum Gasteiger partial charge on any atom is 0.159 e. The molecular formula is C76H68N8O. The van der Waals surface area contributed by atoms with E-state index in [4.69, 9.17) is 4.74 Å². The van der Waals surface area contributed by atoms with E-state index in [1.807, 2.05) is 178 Å². The van der Waals surface area contributed by atoms with Crippen molar-refractivity contribution in [2.24, 2.45) is 0 Å². The molecule has 0 atom stereocenters. The summed E-state index contributed by atoms with van der Waals surface area (Å²) in [7, 11) is 0. The van der Waals surface area contributed by atoms with Crippen molar-refractivity contribution in [2.75, 3.05) is 0 Å². The van der Waals surface area contributed by atoms with Crippen LogP contribution in [0.2, 0.25) is 0 Å². The molecule has 5 aromatic heterocycles. The molecule has 85 heavy (non-hydrogen) atoms. The Morgan fingerprint density at radius 1 is 0.247 bits per heavy atom. The summed E-state index contributed by atoms with van der Waals surface area (Å²) < 4.78 is 5.97. The maximum atomic E-state index is 5.97. The van der Waals surface area contributed by atoms with Gasteiger partial charge in [0.1, 0.15) is 17.8 Å². The van der Waals surface area contributed by atoms with Crippen LogP contribution in [0.5, 0.6) is 11.5 Å². The second-order valence-corrected chi connectivity index (χ2v) is 19.9. The number of aryl methyl sites for hydroxylation is 6. The van der Waals surface area contributed by atoms with E-state index in [9.17, 15) is 0 Å². The van der Waals surface area contributed by atoms with Crippen molar-refractivity contribution in [3.8, 4) is 78.8 Å². The predicted octanol–water partition coefficient (Wildman–Crippen LogP) is 18.9. The monoisotopic (exact) mass is 1110 g/mol. The van der Waals surface area contributed by atoms with E-state index >= 15 is 0 Å². The molecule has 0 unspecified atom stereocenters. The highest BCUT2D eigenvalue weighted by Crippen LogP contribution is 2.30. The third kappa shape index (κ3) is 19.9. The van der Waals surface area contributed by atoms with Crippen LogP contribution in [0.4, 0.5) is 0 Å². The molecule has 0 aliphatic carbocycles. The van der Waals surface area contributed by atoms with Gasteiger partial charge in [-0.05, 0) is 140 Å². The van der Waals surface area contributed by atoms with Gasteiger partial charge in [0, 0.05) is 78.7 Å². The smallest absolute Gasteiger partial charge is 0.159 e. The lowest BCUT2D eigenvalue weighted by atomic mass is 10.0. The molecule has 9 heteroatoms. The predicted molar refractivity (Wildman–Crippen MR) is 349 cm³/mol. The molecule has 0 aliphatic heterocycles. The average molecular weight is 1110 g/mol. The minimum Gasteiger partial charge on any atom is -0.457 e. The van der Waals surface area contributed by atoms with Crippen molar-refractivity contribution in [3.63, 3.8) is 0 Å². The minimum atomic E-state index is 0.780. The standard InChI is InChI=1S/C19H16O.2C12H11N.3C11H10N2/c1-15-12-13-17(16-8-4-2-5-9-16)14-19(15)20-18-10-6-3-7-11-18;1-10-2-4-11(5-3-10)12-6-8-13-9-7-12;1-10-3-2-4-12(9-10)11-5-7-13-8-6-11;1-9-3-5-10(6-4-9)11-12-7-2-8-13-11;1-9-2-4-10(5-3-9)11-6-12-8-13-7-11;1-9-7-12-11(13-8-9)10-5-3-2-4-6-10/h2-14H,1H3;2*2-9H,1H3;3*2-8H,1H3. The fourth-order valence-corrected chi connectivity index (χ4v) is 8.27. The lowest BCUT2D eigenvalue weighted by Gasteiger charge is -2.11. The Hall–Kier alpha value is -10.9. The zero-order valence-corrected chi connectivity index (χ0v) is 48.9. The Kier molecular flexibility index (Phi) is 23.0. The summed E-state index contributed by atoms with van der Waals surface area (Å²) in [6.07, 6.45) is 19.6. The van der Waals surface area contributed by atoms with Crippen LogP contribution >= 0.6 is 0 Å². The molecule has 9 nitrogen and oxygen atoms in total. The fraction of sp³-hybridized carbons (Fsp3) is 0.0789. The molecule has 0 aliphatic rings. The van der Waals surface area contributed by atoms with E-state index in [1.54, 1.807) is 12.4 Å². The molecule has 0 amide bonds. The summed E-state index contributed by atoms with van der Waals surface area (Å²) in [5.74, 6) is 3.33. The SMILES string of the molecule is Cc1ccc(-c2ccccc2)cc1Oc1ccccc1.Cc1ccc(-c2ccncc2)cc1.Cc1ccc(-c2cncnc2)cc1.Cc1ccc(-c2ncccn2)cc1.Cc1cccc(-c2ccncc2)c1.Cc1cnc(-c2ccccc2)nc1. The van der Waals surface area contributed by atoms with Gasteiger partial charge in [0.15, 0.2) is 11.6 Å². The summed E-state index contributed by atoms with van der Waals surface area (Å²) in [4.78, 5) is 32.7. The molecule has 0 spiro atoms. The van der Waals surface area contributed by atoms with Gasteiger partial charge in [0.25, 0.3) is 0 Å². The summed E-state index contributed by atoms with van der Waals surface area (Å²) in [6, 6.07) is 79.9. The third-order valence-corrected chi connectivity index (χ3v) is 13.0. The van der Waals surface area contributed by atoms with Crippen LogP contribution in [-0.4, -0.2) is 39.9 Å². The van der Waals surface area contributed by atoms with E-state index in [1.165, 1.54) is 62.0 Å². The molecule has 0 saturated heterocycles. The number of para-hydroxylation sites is 1. The molecular weight excluding hydrogens is 1040 g/mol. The van der Waals surface area contributed by atoms with E-state index < -0.39 is 0 Å². The molecule has 0 saturated carbocycles. The highest BCUT2D eigenvalue weighted by Gasteiger charge is 2.06. The minimum absolute atomic E-state index is 0.780. The second-order valence-electron chi connectivity index (χ2n) is 19.9. The summed E-state index contributed by atoms with van der Waals surface area (Å²) >= 11 is 0. The number of hydrogen-bond donors (Lipinski definition) is 0. The van der Waals surface area contributed by atoms with Gasteiger partial charge in [-0.2, -0.15) is 0 Å². The summed E-state index contributed by atoms with van der Waals surface area (Å²) in [6.45, 7) is 12.4. The normalized spacial score (nSPS) is 10.0. The molecule has 13 rings (SSSR count). The number of pyridine rings is 2. The Morgan fingerprint density at radius 2 is 0.647 bits per heavy atom. The van der Waals surface area contributed by atoms with Gasteiger partial charge in [-0.15, -0.1) is 0 Å². The van der Waals surface area contributed by atoms with Crippen LogP contribution in [0.25, 0.3) is 67.3 Å². The number of ether oxygens (including phenoxy) is 1. The molecule has 5 heterocycles. The van der Waals surface area contributed by atoms with Crippen molar-refractivity contribution >= 4 is 0 Å². The Labute approximate surface area is 500 Å². The lowest BCUT2D eigenvalue weighted by molar-refractivity contribution is 0.479. The van der Waals surface area contributed by atoms with Crippen molar-refractivity contribution in [3.05, 3.63) is 338 Å². The van der Waals surface area contributed by atoms with E-state index in [2.05, 4.69) is 190 Å². The number of benzene rings is 8. The number of rotatable bonds is 8.